The molecule has 1 aromatic carbocycles. The van der Waals surface area contributed by atoms with Crippen LogP contribution in [0.4, 0.5) is 17.1 Å². The molecular formula is C13H17N3O3. The zero-order valence-electron chi connectivity index (χ0n) is 10.8. The molecule has 1 N–H and O–H groups in total. The minimum atomic E-state index is -0.348. The van der Waals surface area contributed by atoms with Crippen LogP contribution in [0.5, 0.6) is 0 Å². The van der Waals surface area contributed by atoms with Gasteiger partial charge in [0.1, 0.15) is 0 Å². The first-order valence-electron chi connectivity index (χ1n) is 6.53. The van der Waals surface area contributed by atoms with Gasteiger partial charge in [0.2, 0.25) is 0 Å². The van der Waals surface area contributed by atoms with Crippen LogP contribution < -0.4 is 10.2 Å². The molecule has 3 rings (SSSR count). The molecule has 0 aromatic heterocycles. The number of hydrogen-bond donors (Lipinski definition) is 1. The van der Waals surface area contributed by atoms with Gasteiger partial charge in [0.15, 0.2) is 0 Å². The maximum atomic E-state index is 11.0. The second-order valence-electron chi connectivity index (χ2n) is 5.11. The summed E-state index contributed by atoms with van der Waals surface area (Å²) in [5.41, 5.74) is 1.79. The average molecular weight is 263 g/mol. The second kappa shape index (κ2) is 4.70. The largest absolute Gasteiger partial charge is 0.388 e. The fraction of sp³-hybridized carbons (Fsp3) is 0.538. The van der Waals surface area contributed by atoms with E-state index in [1.165, 1.54) is 0 Å². The molecular weight excluding hydrogens is 246 g/mol. The van der Waals surface area contributed by atoms with Crippen LogP contribution >= 0.6 is 0 Å². The molecule has 2 unspecified atom stereocenters. The Kier molecular flexibility index (Phi) is 3.02. The van der Waals surface area contributed by atoms with Gasteiger partial charge in [0.25, 0.3) is 5.69 Å². The summed E-state index contributed by atoms with van der Waals surface area (Å²) in [6.45, 7) is 1.64. The third-order valence-corrected chi connectivity index (χ3v) is 3.81. The van der Waals surface area contributed by atoms with Gasteiger partial charge in [-0.15, -0.1) is 0 Å². The average Bonchev–Trinajstić information content (AvgIpc) is 2.76. The lowest BCUT2D eigenvalue weighted by atomic mass is 10.2. The molecule has 0 saturated carbocycles. The summed E-state index contributed by atoms with van der Waals surface area (Å²) in [6, 6.07) is 5.15. The second-order valence-corrected chi connectivity index (χ2v) is 5.11. The summed E-state index contributed by atoms with van der Waals surface area (Å²) in [5, 5.41) is 14.0. The molecule has 2 saturated heterocycles. The Bertz CT molecular complexity index is 494. The van der Waals surface area contributed by atoms with E-state index in [1.807, 2.05) is 6.07 Å². The van der Waals surface area contributed by atoms with Gasteiger partial charge in [-0.2, -0.15) is 0 Å². The normalized spacial score (nSPS) is 25.4. The molecule has 102 valence electrons. The van der Waals surface area contributed by atoms with Crippen molar-refractivity contribution >= 4 is 17.1 Å². The van der Waals surface area contributed by atoms with Gasteiger partial charge in [-0.3, -0.25) is 10.1 Å². The number of hydrogen-bond acceptors (Lipinski definition) is 5. The molecule has 2 aliphatic heterocycles. The number of ether oxygens (including phenoxy) is 1. The molecule has 0 aliphatic carbocycles. The molecule has 0 amide bonds. The van der Waals surface area contributed by atoms with Crippen molar-refractivity contribution < 1.29 is 9.66 Å². The van der Waals surface area contributed by atoms with E-state index < -0.39 is 0 Å². The first-order valence-corrected chi connectivity index (χ1v) is 6.53. The number of nitrogens with one attached hydrogen (secondary N) is 1. The van der Waals surface area contributed by atoms with E-state index in [2.05, 4.69) is 10.2 Å². The monoisotopic (exact) mass is 263 g/mol. The highest BCUT2D eigenvalue weighted by Gasteiger charge is 2.34. The highest BCUT2D eigenvalue weighted by atomic mass is 16.6. The van der Waals surface area contributed by atoms with Crippen LogP contribution in [0.25, 0.3) is 0 Å². The molecule has 0 spiro atoms. The highest BCUT2D eigenvalue weighted by Crippen LogP contribution is 2.33. The van der Waals surface area contributed by atoms with Gasteiger partial charge in [-0.1, -0.05) is 0 Å². The zero-order chi connectivity index (χ0) is 13.4. The SMILES string of the molecule is CNc1cc(N2CC3CCC(C2)O3)cc([N+](=O)[O-])c1. The number of rotatable bonds is 3. The fourth-order valence-corrected chi connectivity index (χ4v) is 2.85. The van der Waals surface area contributed by atoms with E-state index in [0.29, 0.717) is 0 Å². The third kappa shape index (κ3) is 2.35. The Morgan fingerprint density at radius 1 is 1.32 bits per heavy atom. The number of anilines is 2. The molecule has 2 aliphatic rings. The lowest BCUT2D eigenvalue weighted by Gasteiger charge is -2.33. The number of fused-ring (bicyclic) bond motifs is 2. The molecule has 6 nitrogen and oxygen atoms in total. The van der Waals surface area contributed by atoms with Gasteiger partial charge in [0.05, 0.1) is 17.1 Å². The third-order valence-electron chi connectivity index (χ3n) is 3.81. The molecule has 2 heterocycles. The number of benzene rings is 1. The van der Waals surface area contributed by atoms with Crippen molar-refractivity contribution in [1.82, 2.24) is 0 Å². The van der Waals surface area contributed by atoms with E-state index in [1.54, 1.807) is 19.2 Å². The zero-order valence-corrected chi connectivity index (χ0v) is 10.8. The summed E-state index contributed by atoms with van der Waals surface area (Å²) in [5.74, 6) is 0. The first-order chi connectivity index (χ1) is 9.15. The highest BCUT2D eigenvalue weighted by molar-refractivity contribution is 5.64. The summed E-state index contributed by atoms with van der Waals surface area (Å²) in [4.78, 5) is 12.8. The van der Waals surface area contributed by atoms with Crippen molar-refractivity contribution in [2.75, 3.05) is 30.4 Å². The topological polar surface area (TPSA) is 67.6 Å². The fourth-order valence-electron chi connectivity index (χ4n) is 2.85. The summed E-state index contributed by atoms with van der Waals surface area (Å²) in [6.07, 6.45) is 2.73. The molecule has 6 heteroatoms. The molecule has 2 fully saturated rings. The predicted molar refractivity (Wildman–Crippen MR) is 72.8 cm³/mol. The van der Waals surface area contributed by atoms with Crippen LogP contribution in [0.1, 0.15) is 12.8 Å². The molecule has 19 heavy (non-hydrogen) atoms. The van der Waals surface area contributed by atoms with Crippen LogP contribution in [0.3, 0.4) is 0 Å². The predicted octanol–water partition coefficient (Wildman–Crippen LogP) is 2.00. The van der Waals surface area contributed by atoms with Gasteiger partial charge < -0.3 is 15.0 Å². The summed E-state index contributed by atoms with van der Waals surface area (Å²) < 4.78 is 5.79. The molecule has 2 bridgehead atoms. The number of nitro benzene ring substituents is 1. The van der Waals surface area contributed by atoms with Crippen molar-refractivity contribution in [3.8, 4) is 0 Å². The molecule has 1 aromatic rings. The van der Waals surface area contributed by atoms with Crippen molar-refractivity contribution in [2.24, 2.45) is 0 Å². The number of morpholine rings is 1. The van der Waals surface area contributed by atoms with E-state index >= 15 is 0 Å². The molecule has 2 atom stereocenters. The Hall–Kier alpha value is -1.82. The van der Waals surface area contributed by atoms with E-state index in [9.17, 15) is 10.1 Å². The summed E-state index contributed by atoms with van der Waals surface area (Å²) >= 11 is 0. The van der Waals surface area contributed by atoms with E-state index in [4.69, 9.17) is 4.74 Å². The van der Waals surface area contributed by atoms with Gasteiger partial charge >= 0.3 is 0 Å². The lowest BCUT2D eigenvalue weighted by Crippen LogP contribution is -2.42. The van der Waals surface area contributed by atoms with Gasteiger partial charge in [-0.05, 0) is 18.9 Å². The maximum absolute atomic E-state index is 11.0. The lowest BCUT2D eigenvalue weighted by molar-refractivity contribution is -0.384. The Morgan fingerprint density at radius 3 is 2.58 bits per heavy atom. The Morgan fingerprint density at radius 2 is 2.00 bits per heavy atom. The summed E-state index contributed by atoms with van der Waals surface area (Å²) in [7, 11) is 1.77. The quantitative estimate of drug-likeness (QED) is 0.667. The van der Waals surface area contributed by atoms with E-state index in [-0.39, 0.29) is 22.8 Å². The van der Waals surface area contributed by atoms with Crippen molar-refractivity contribution in [3.05, 3.63) is 28.3 Å². The van der Waals surface area contributed by atoms with Gasteiger partial charge in [-0.25, -0.2) is 0 Å². The van der Waals surface area contributed by atoms with Crippen molar-refractivity contribution in [3.63, 3.8) is 0 Å². The molecule has 0 radical (unpaired) electrons. The minimum Gasteiger partial charge on any atom is -0.388 e. The Balaban J connectivity index is 1.91. The van der Waals surface area contributed by atoms with Crippen LogP contribution in [0.2, 0.25) is 0 Å². The van der Waals surface area contributed by atoms with Crippen LogP contribution in [-0.2, 0) is 4.74 Å². The number of nitrogens with zero attached hydrogens (tertiary/aromatic N) is 2. The van der Waals surface area contributed by atoms with Crippen LogP contribution in [0.15, 0.2) is 18.2 Å². The smallest absolute Gasteiger partial charge is 0.273 e. The Labute approximate surface area is 111 Å². The van der Waals surface area contributed by atoms with Gasteiger partial charge in [0, 0.05) is 43.6 Å². The van der Waals surface area contributed by atoms with Crippen molar-refractivity contribution in [1.29, 1.82) is 0 Å². The standard InChI is InChI=1S/C13H17N3O3/c1-14-9-4-10(6-11(5-9)16(17)18)15-7-12-2-3-13(8-15)19-12/h4-6,12-14H,2-3,7-8H2,1H3. The minimum absolute atomic E-state index is 0.126. The first kappa shape index (κ1) is 12.2. The maximum Gasteiger partial charge on any atom is 0.273 e. The van der Waals surface area contributed by atoms with E-state index in [0.717, 1.165) is 37.3 Å². The number of non-ortho nitro benzene ring substituents is 1. The van der Waals surface area contributed by atoms with Crippen molar-refractivity contribution in [2.45, 2.75) is 25.0 Å². The van der Waals surface area contributed by atoms with Crippen LogP contribution in [0, 0.1) is 10.1 Å². The number of nitro groups is 1. The van der Waals surface area contributed by atoms with Crippen LogP contribution in [-0.4, -0.2) is 37.3 Å².